The summed E-state index contributed by atoms with van der Waals surface area (Å²) in [5, 5.41) is 0. The van der Waals surface area contributed by atoms with Crippen molar-refractivity contribution in [2.45, 2.75) is 25.2 Å². The number of alkyl halides is 3. The second kappa shape index (κ2) is 4.97. The first kappa shape index (κ1) is 14.5. The van der Waals surface area contributed by atoms with E-state index in [0.29, 0.717) is 6.92 Å². The predicted molar refractivity (Wildman–Crippen MR) is 61.6 cm³/mol. The fraction of sp³-hybridized carbons (Fsp3) is 0.417. The zero-order valence-electron chi connectivity index (χ0n) is 10.2. The van der Waals surface area contributed by atoms with Crippen LogP contribution in [0.3, 0.4) is 0 Å². The van der Waals surface area contributed by atoms with Gasteiger partial charge < -0.3 is 10.6 Å². The molecule has 0 spiro atoms. The highest BCUT2D eigenvalue weighted by Gasteiger charge is 2.54. The lowest BCUT2D eigenvalue weighted by Gasteiger charge is -2.30. The zero-order valence-corrected chi connectivity index (χ0v) is 10.2. The summed E-state index contributed by atoms with van der Waals surface area (Å²) in [5.41, 5.74) is 2.95. The highest BCUT2D eigenvalue weighted by molar-refractivity contribution is 5.86. The minimum atomic E-state index is -4.77. The van der Waals surface area contributed by atoms with Crippen LogP contribution in [0.5, 0.6) is 0 Å². The first-order valence-electron chi connectivity index (χ1n) is 5.31. The first-order valence-corrected chi connectivity index (χ1v) is 5.31. The molecule has 1 aromatic rings. The molecule has 3 nitrogen and oxygen atoms in total. The average molecular weight is 260 g/mol. The Balaban J connectivity index is 2.80. The number of likely N-dealkylation sites (N-methyl/N-ethyl adjacent to an activating group) is 1. The summed E-state index contributed by atoms with van der Waals surface area (Å²) in [5.74, 6) is -1.15. The van der Waals surface area contributed by atoms with E-state index in [1.54, 1.807) is 30.3 Å². The van der Waals surface area contributed by atoms with E-state index in [0.717, 1.165) is 10.5 Å². The highest BCUT2D eigenvalue weighted by atomic mass is 19.4. The number of benzene rings is 1. The Morgan fingerprint density at radius 2 is 1.78 bits per heavy atom. The van der Waals surface area contributed by atoms with Crippen LogP contribution in [0.2, 0.25) is 0 Å². The number of rotatable bonds is 3. The summed E-state index contributed by atoms with van der Waals surface area (Å²) in [4.78, 5) is 12.7. The molecule has 6 heteroatoms. The minimum absolute atomic E-state index is 0.0859. The van der Waals surface area contributed by atoms with Crippen molar-refractivity contribution >= 4 is 5.91 Å². The third-order valence-corrected chi connectivity index (χ3v) is 2.64. The van der Waals surface area contributed by atoms with Gasteiger partial charge in [0.25, 0.3) is 5.91 Å². The summed E-state index contributed by atoms with van der Waals surface area (Å²) in [6.07, 6.45) is -4.77. The van der Waals surface area contributed by atoms with Gasteiger partial charge in [0.1, 0.15) is 0 Å². The van der Waals surface area contributed by atoms with Gasteiger partial charge in [-0.05, 0) is 12.5 Å². The van der Waals surface area contributed by atoms with Crippen LogP contribution >= 0.6 is 0 Å². The van der Waals surface area contributed by atoms with E-state index in [9.17, 15) is 18.0 Å². The number of halogens is 3. The third kappa shape index (κ3) is 3.01. The molecule has 0 radical (unpaired) electrons. The molecular formula is C12H15F3N2O. The van der Waals surface area contributed by atoms with Gasteiger partial charge in [-0.15, -0.1) is 0 Å². The van der Waals surface area contributed by atoms with Gasteiger partial charge in [-0.2, -0.15) is 13.2 Å². The average Bonchev–Trinajstić information content (AvgIpc) is 2.27. The number of hydrogen-bond acceptors (Lipinski definition) is 2. The minimum Gasteiger partial charge on any atom is -0.340 e. The molecule has 0 bridgehead atoms. The molecule has 1 atom stereocenters. The second-order valence-corrected chi connectivity index (χ2v) is 4.35. The van der Waals surface area contributed by atoms with E-state index >= 15 is 0 Å². The van der Waals surface area contributed by atoms with E-state index in [1.165, 1.54) is 7.05 Å². The van der Waals surface area contributed by atoms with Crippen LogP contribution in [0.15, 0.2) is 30.3 Å². The van der Waals surface area contributed by atoms with Crippen LogP contribution in [0.1, 0.15) is 12.5 Å². The Labute approximate surface area is 103 Å². The lowest BCUT2D eigenvalue weighted by atomic mass is 10.0. The van der Waals surface area contributed by atoms with Crippen LogP contribution in [0, 0.1) is 0 Å². The molecule has 100 valence electrons. The largest absolute Gasteiger partial charge is 0.415 e. The van der Waals surface area contributed by atoms with Gasteiger partial charge in [-0.3, -0.25) is 4.79 Å². The van der Waals surface area contributed by atoms with Gasteiger partial charge in [-0.1, -0.05) is 30.3 Å². The molecule has 18 heavy (non-hydrogen) atoms. The maximum Gasteiger partial charge on any atom is 0.415 e. The van der Waals surface area contributed by atoms with E-state index < -0.39 is 17.6 Å². The molecule has 1 unspecified atom stereocenters. The Morgan fingerprint density at radius 1 is 1.28 bits per heavy atom. The summed E-state index contributed by atoms with van der Waals surface area (Å²) >= 11 is 0. The molecule has 0 saturated carbocycles. The Bertz CT molecular complexity index is 415. The van der Waals surface area contributed by atoms with Crippen LogP contribution < -0.4 is 5.73 Å². The standard InChI is InChI=1S/C12H15F3N2O/c1-11(16,12(13,14)15)10(18)17(2)8-9-6-4-3-5-7-9/h3-7H,8,16H2,1-2H3. The smallest absolute Gasteiger partial charge is 0.340 e. The predicted octanol–water partition coefficient (Wildman–Crippen LogP) is 1.92. The van der Waals surface area contributed by atoms with E-state index in [-0.39, 0.29) is 6.54 Å². The van der Waals surface area contributed by atoms with Crippen molar-refractivity contribution in [3.63, 3.8) is 0 Å². The van der Waals surface area contributed by atoms with E-state index in [2.05, 4.69) is 0 Å². The molecule has 2 N–H and O–H groups in total. The molecule has 1 amide bonds. The van der Waals surface area contributed by atoms with Crippen LogP contribution in [-0.4, -0.2) is 29.6 Å². The van der Waals surface area contributed by atoms with Gasteiger partial charge in [0.2, 0.25) is 0 Å². The second-order valence-electron chi connectivity index (χ2n) is 4.35. The van der Waals surface area contributed by atoms with Gasteiger partial charge in [0, 0.05) is 13.6 Å². The first-order chi connectivity index (χ1) is 8.16. The Kier molecular flexibility index (Phi) is 4.01. The maximum atomic E-state index is 12.6. The van der Waals surface area contributed by atoms with Gasteiger partial charge in [-0.25, -0.2) is 0 Å². The molecule has 0 saturated heterocycles. The topological polar surface area (TPSA) is 46.3 Å². The lowest BCUT2D eigenvalue weighted by Crippen LogP contribution is -2.61. The number of carbonyl (C=O) groups excluding carboxylic acids is 1. The van der Waals surface area contributed by atoms with Crippen molar-refractivity contribution in [2.75, 3.05) is 7.05 Å². The van der Waals surface area contributed by atoms with Gasteiger partial charge in [0.15, 0.2) is 5.54 Å². The lowest BCUT2D eigenvalue weighted by molar-refractivity contribution is -0.193. The quantitative estimate of drug-likeness (QED) is 0.902. The zero-order chi connectivity index (χ0) is 14.0. The molecular weight excluding hydrogens is 245 g/mol. The van der Waals surface area contributed by atoms with Gasteiger partial charge >= 0.3 is 6.18 Å². The molecule has 0 aromatic heterocycles. The molecule has 0 fully saturated rings. The molecule has 0 aliphatic heterocycles. The van der Waals surface area contributed by atoms with Crippen LogP contribution in [-0.2, 0) is 11.3 Å². The molecule has 1 aromatic carbocycles. The maximum absolute atomic E-state index is 12.6. The van der Waals surface area contributed by atoms with E-state index in [1.807, 2.05) is 0 Å². The monoisotopic (exact) mass is 260 g/mol. The van der Waals surface area contributed by atoms with Crippen LogP contribution in [0.25, 0.3) is 0 Å². The summed E-state index contributed by atoms with van der Waals surface area (Å²) in [6, 6.07) is 8.74. The van der Waals surface area contributed by atoms with E-state index in [4.69, 9.17) is 5.73 Å². The number of nitrogens with zero attached hydrogens (tertiary/aromatic N) is 1. The van der Waals surface area contributed by atoms with Crippen molar-refractivity contribution in [3.05, 3.63) is 35.9 Å². The van der Waals surface area contributed by atoms with Crippen molar-refractivity contribution in [2.24, 2.45) is 5.73 Å². The molecule has 0 aliphatic rings. The Hall–Kier alpha value is -1.56. The van der Waals surface area contributed by atoms with Crippen molar-refractivity contribution in [1.29, 1.82) is 0 Å². The third-order valence-electron chi connectivity index (χ3n) is 2.64. The SMILES string of the molecule is CN(Cc1ccccc1)C(=O)C(C)(N)C(F)(F)F. The van der Waals surface area contributed by atoms with Gasteiger partial charge in [0.05, 0.1) is 0 Å². The van der Waals surface area contributed by atoms with Crippen molar-refractivity contribution < 1.29 is 18.0 Å². The highest BCUT2D eigenvalue weighted by Crippen LogP contribution is 2.29. The number of hydrogen-bond donors (Lipinski definition) is 1. The number of nitrogens with two attached hydrogens (primary N) is 1. The summed E-state index contributed by atoms with van der Waals surface area (Å²) < 4.78 is 37.8. The number of amides is 1. The normalized spacial score (nSPS) is 15.0. The van der Waals surface area contributed by atoms with Crippen molar-refractivity contribution in [1.82, 2.24) is 4.90 Å². The molecule has 0 heterocycles. The summed E-state index contributed by atoms with van der Waals surface area (Å²) in [6.45, 7) is 0.763. The number of carbonyl (C=O) groups is 1. The van der Waals surface area contributed by atoms with Crippen molar-refractivity contribution in [3.8, 4) is 0 Å². The van der Waals surface area contributed by atoms with Crippen LogP contribution in [0.4, 0.5) is 13.2 Å². The summed E-state index contributed by atoms with van der Waals surface area (Å²) in [7, 11) is 1.30. The fourth-order valence-corrected chi connectivity index (χ4v) is 1.45. The Morgan fingerprint density at radius 3 is 2.22 bits per heavy atom. The molecule has 1 rings (SSSR count). The molecule has 0 aliphatic carbocycles. The fourth-order valence-electron chi connectivity index (χ4n) is 1.45.